The van der Waals surface area contributed by atoms with E-state index in [2.05, 4.69) is 10.3 Å². The smallest absolute Gasteiger partial charge is 0.330 e. The van der Waals surface area contributed by atoms with Gasteiger partial charge in [-0.25, -0.2) is 9.78 Å². The van der Waals surface area contributed by atoms with Crippen molar-refractivity contribution >= 4 is 52.7 Å². The van der Waals surface area contributed by atoms with E-state index in [9.17, 15) is 19.2 Å². The number of halogens is 2. The van der Waals surface area contributed by atoms with Crippen molar-refractivity contribution in [3.05, 3.63) is 93.6 Å². The Morgan fingerprint density at radius 3 is 2.21 bits per heavy atom. The molecule has 0 fully saturated rings. The lowest BCUT2D eigenvalue weighted by atomic mass is 10.0. The third-order valence-corrected chi connectivity index (χ3v) is 5.59. The zero-order valence-corrected chi connectivity index (χ0v) is 19.0. The fraction of sp³-hybridized carbons (Fsp3) is 0.125. The highest BCUT2D eigenvalue weighted by Gasteiger charge is 2.43. The molecule has 3 aromatic rings. The van der Waals surface area contributed by atoms with Gasteiger partial charge in [-0.05, 0) is 23.8 Å². The predicted molar refractivity (Wildman–Crippen MR) is 125 cm³/mol. The summed E-state index contributed by atoms with van der Waals surface area (Å²) in [5.41, 5.74) is 1.13. The maximum Gasteiger partial charge on any atom is 0.330 e. The molecule has 10 heteroatoms. The van der Waals surface area contributed by atoms with E-state index in [1.807, 2.05) is 0 Å². The molecule has 172 valence electrons. The van der Waals surface area contributed by atoms with Gasteiger partial charge in [0.25, 0.3) is 17.7 Å². The molecule has 0 bridgehead atoms. The molecule has 1 aliphatic heterocycles. The van der Waals surface area contributed by atoms with Gasteiger partial charge in [0.2, 0.25) is 0 Å². The minimum Gasteiger partial charge on any atom is -0.454 e. The number of amides is 3. The molecule has 0 aliphatic carbocycles. The van der Waals surface area contributed by atoms with E-state index in [4.69, 9.17) is 27.9 Å². The number of imide groups is 1. The molecule has 0 saturated heterocycles. The van der Waals surface area contributed by atoms with Gasteiger partial charge in [-0.1, -0.05) is 65.7 Å². The molecule has 0 spiro atoms. The summed E-state index contributed by atoms with van der Waals surface area (Å²) < 4.78 is 5.19. The monoisotopic (exact) mass is 497 g/mol. The second-order valence-electron chi connectivity index (χ2n) is 7.37. The van der Waals surface area contributed by atoms with E-state index in [1.165, 1.54) is 24.4 Å². The molecule has 0 saturated carbocycles. The van der Waals surface area contributed by atoms with Crippen molar-refractivity contribution in [2.75, 3.05) is 11.9 Å². The zero-order chi connectivity index (χ0) is 24.2. The summed E-state index contributed by atoms with van der Waals surface area (Å²) >= 11 is 11.8. The first-order valence-electron chi connectivity index (χ1n) is 10.1. The summed E-state index contributed by atoms with van der Waals surface area (Å²) in [6, 6.07) is 15.3. The topological polar surface area (TPSA) is 106 Å². The van der Waals surface area contributed by atoms with Crippen molar-refractivity contribution in [1.82, 2.24) is 9.88 Å². The number of anilines is 1. The van der Waals surface area contributed by atoms with Crippen LogP contribution in [0.25, 0.3) is 0 Å². The number of pyridine rings is 1. The third kappa shape index (κ3) is 4.93. The molecule has 4 rings (SSSR count). The van der Waals surface area contributed by atoms with Crippen LogP contribution in [0.1, 0.15) is 26.3 Å². The van der Waals surface area contributed by atoms with Crippen LogP contribution in [0.15, 0.2) is 66.9 Å². The Kier molecular flexibility index (Phi) is 6.90. The molecule has 34 heavy (non-hydrogen) atoms. The second kappa shape index (κ2) is 10.0. The Balaban J connectivity index is 1.51. The molecule has 1 aromatic heterocycles. The number of hydrogen-bond acceptors (Lipinski definition) is 6. The standard InChI is InChI=1S/C24H17Cl2N3O5/c25-15-11-18(26)21(27-12-15)28-20(30)13-34-24(33)19(10-14-6-2-1-3-7-14)29-22(31)16-8-4-5-9-17(16)23(29)32/h1-9,11-12,19H,10,13H2,(H,27,28,30). The van der Waals surface area contributed by atoms with Crippen LogP contribution in [0.3, 0.4) is 0 Å². The fourth-order valence-electron chi connectivity index (χ4n) is 3.52. The summed E-state index contributed by atoms with van der Waals surface area (Å²) in [6.45, 7) is -0.673. The number of esters is 1. The van der Waals surface area contributed by atoms with E-state index < -0.39 is 36.3 Å². The lowest BCUT2D eigenvalue weighted by molar-refractivity contribution is -0.151. The van der Waals surface area contributed by atoms with E-state index in [0.29, 0.717) is 10.6 Å². The van der Waals surface area contributed by atoms with E-state index in [1.54, 1.807) is 42.5 Å². The lowest BCUT2D eigenvalue weighted by Crippen LogP contribution is -2.47. The van der Waals surface area contributed by atoms with Gasteiger partial charge in [0.1, 0.15) is 6.04 Å². The highest BCUT2D eigenvalue weighted by molar-refractivity contribution is 6.36. The normalized spacial score (nSPS) is 13.4. The third-order valence-electron chi connectivity index (χ3n) is 5.09. The molecular formula is C24H17Cl2N3O5. The number of hydrogen-bond donors (Lipinski definition) is 1. The van der Waals surface area contributed by atoms with Gasteiger partial charge in [-0.3, -0.25) is 19.3 Å². The average Bonchev–Trinajstić information content (AvgIpc) is 3.08. The number of carbonyl (C=O) groups is 4. The minimum absolute atomic E-state index is 0.0251. The summed E-state index contributed by atoms with van der Waals surface area (Å²) in [4.78, 5) is 56.1. The van der Waals surface area contributed by atoms with Gasteiger partial charge < -0.3 is 10.1 Å². The van der Waals surface area contributed by atoms with Crippen LogP contribution >= 0.6 is 23.2 Å². The number of fused-ring (bicyclic) bond motifs is 1. The van der Waals surface area contributed by atoms with Crippen LogP contribution in [-0.4, -0.2) is 46.2 Å². The first-order chi connectivity index (χ1) is 16.3. The van der Waals surface area contributed by atoms with E-state index in [-0.39, 0.29) is 28.4 Å². The molecule has 0 radical (unpaired) electrons. The minimum atomic E-state index is -1.26. The highest BCUT2D eigenvalue weighted by atomic mass is 35.5. The number of aromatic nitrogens is 1. The number of ether oxygens (including phenoxy) is 1. The van der Waals surface area contributed by atoms with Crippen LogP contribution in [0.5, 0.6) is 0 Å². The van der Waals surface area contributed by atoms with Crippen molar-refractivity contribution in [1.29, 1.82) is 0 Å². The van der Waals surface area contributed by atoms with Gasteiger partial charge in [0.05, 0.1) is 21.2 Å². The highest BCUT2D eigenvalue weighted by Crippen LogP contribution is 2.27. The van der Waals surface area contributed by atoms with Gasteiger partial charge in [-0.2, -0.15) is 0 Å². The molecule has 2 heterocycles. The van der Waals surface area contributed by atoms with E-state index in [0.717, 1.165) is 4.90 Å². The second-order valence-corrected chi connectivity index (χ2v) is 8.21. The molecule has 1 atom stereocenters. The molecular weight excluding hydrogens is 481 g/mol. The molecule has 1 N–H and O–H groups in total. The van der Waals surface area contributed by atoms with Crippen LogP contribution in [0.2, 0.25) is 10.0 Å². The maximum absolute atomic E-state index is 13.0. The Bertz CT molecular complexity index is 1250. The van der Waals surface area contributed by atoms with Gasteiger partial charge in [-0.15, -0.1) is 0 Å². The van der Waals surface area contributed by atoms with Crippen molar-refractivity contribution in [2.45, 2.75) is 12.5 Å². The van der Waals surface area contributed by atoms with Crippen molar-refractivity contribution in [2.24, 2.45) is 0 Å². The van der Waals surface area contributed by atoms with Gasteiger partial charge in [0.15, 0.2) is 12.4 Å². The van der Waals surface area contributed by atoms with Crippen LogP contribution in [0.4, 0.5) is 5.82 Å². The quantitative estimate of drug-likeness (QED) is 0.393. The van der Waals surface area contributed by atoms with Crippen molar-refractivity contribution in [3.63, 3.8) is 0 Å². The molecule has 1 aliphatic rings. The van der Waals surface area contributed by atoms with Crippen LogP contribution < -0.4 is 5.32 Å². The number of carbonyl (C=O) groups excluding carboxylic acids is 4. The SMILES string of the molecule is O=C(COC(=O)C(Cc1ccccc1)N1C(=O)c2ccccc2C1=O)Nc1ncc(Cl)cc1Cl. The summed E-state index contributed by atoms with van der Waals surface area (Å²) in [7, 11) is 0. The number of benzene rings is 2. The van der Waals surface area contributed by atoms with Crippen molar-refractivity contribution in [3.8, 4) is 0 Å². The Morgan fingerprint density at radius 2 is 1.59 bits per heavy atom. The van der Waals surface area contributed by atoms with Crippen molar-refractivity contribution < 1.29 is 23.9 Å². The van der Waals surface area contributed by atoms with Gasteiger partial charge in [0, 0.05) is 12.6 Å². The predicted octanol–water partition coefficient (Wildman–Crippen LogP) is 3.78. The van der Waals surface area contributed by atoms with Crippen LogP contribution in [0, 0.1) is 0 Å². The zero-order valence-electron chi connectivity index (χ0n) is 17.5. The van der Waals surface area contributed by atoms with E-state index >= 15 is 0 Å². The lowest BCUT2D eigenvalue weighted by Gasteiger charge is -2.24. The Hall–Kier alpha value is -3.75. The Labute approximate surface area is 204 Å². The largest absolute Gasteiger partial charge is 0.454 e. The van der Waals surface area contributed by atoms with Crippen LogP contribution in [-0.2, 0) is 20.7 Å². The fourth-order valence-corrected chi connectivity index (χ4v) is 3.94. The first kappa shape index (κ1) is 23.4. The summed E-state index contributed by atoms with van der Waals surface area (Å²) in [5, 5.41) is 2.82. The average molecular weight is 498 g/mol. The number of rotatable bonds is 7. The molecule has 1 unspecified atom stereocenters. The van der Waals surface area contributed by atoms with Gasteiger partial charge >= 0.3 is 5.97 Å². The Morgan fingerprint density at radius 1 is 0.971 bits per heavy atom. The number of nitrogens with zero attached hydrogens (tertiary/aromatic N) is 2. The molecule has 2 aromatic carbocycles. The maximum atomic E-state index is 13.0. The first-order valence-corrected chi connectivity index (χ1v) is 10.9. The summed E-state index contributed by atoms with van der Waals surface area (Å²) in [6.07, 6.45) is 1.32. The summed E-state index contributed by atoms with van der Waals surface area (Å²) in [5.74, 6) is -2.75. The molecule has 3 amide bonds. The molecule has 8 nitrogen and oxygen atoms in total. The number of nitrogens with one attached hydrogen (secondary N) is 1.